The minimum absolute atomic E-state index is 0.578. The first kappa shape index (κ1) is 15.2. The Hall–Kier alpha value is 0.177. The Balaban J connectivity index is 3.22. The molecule has 0 bridgehead atoms. The number of rotatable bonds is 10. The first-order chi connectivity index (χ1) is 7.22. The summed E-state index contributed by atoms with van der Waals surface area (Å²) < 4.78 is 5.52. The quantitative estimate of drug-likeness (QED) is 0.404. The average Bonchev–Trinajstić information content (AvgIpc) is 2.21. The van der Waals surface area contributed by atoms with Crippen LogP contribution in [0.3, 0.4) is 0 Å². The smallest absolute Gasteiger partial charge is 0.0655 e. The molecule has 0 fully saturated rings. The van der Waals surface area contributed by atoms with Crippen LogP contribution in [0.2, 0.25) is 13.1 Å². The summed E-state index contributed by atoms with van der Waals surface area (Å²) in [5.74, 6) is 0. The molecule has 0 saturated heterocycles. The van der Waals surface area contributed by atoms with Crippen LogP contribution in [0.5, 0.6) is 0 Å². The van der Waals surface area contributed by atoms with Crippen LogP contribution < -0.4 is 0 Å². The van der Waals surface area contributed by atoms with Crippen molar-refractivity contribution in [1.29, 1.82) is 0 Å². The highest BCUT2D eigenvalue weighted by Crippen LogP contribution is 2.12. The highest BCUT2D eigenvalue weighted by molar-refractivity contribution is 6.57. The summed E-state index contributed by atoms with van der Waals surface area (Å²) in [5.41, 5.74) is 0.612. The molecule has 0 N–H and O–H groups in total. The third-order valence-electron chi connectivity index (χ3n) is 3.14. The fraction of sp³-hybridized carbons (Fsp3) is 1.00. The van der Waals surface area contributed by atoms with E-state index in [0.717, 1.165) is 0 Å². The molecule has 0 aromatic carbocycles. The van der Waals surface area contributed by atoms with Crippen molar-refractivity contribution < 1.29 is 4.74 Å². The molecule has 0 heterocycles. The van der Waals surface area contributed by atoms with Gasteiger partial charge in [-0.1, -0.05) is 65.0 Å². The van der Waals surface area contributed by atoms with Crippen LogP contribution >= 0.6 is 0 Å². The summed E-state index contributed by atoms with van der Waals surface area (Å²) in [6.45, 7) is 7.04. The molecule has 15 heavy (non-hydrogen) atoms. The van der Waals surface area contributed by atoms with Gasteiger partial charge in [-0.15, -0.1) is 0 Å². The van der Waals surface area contributed by atoms with Gasteiger partial charge in [-0.3, -0.25) is 0 Å². The van der Waals surface area contributed by atoms with E-state index in [1.807, 2.05) is 7.11 Å². The lowest BCUT2D eigenvalue weighted by Gasteiger charge is -2.17. The van der Waals surface area contributed by atoms with Crippen LogP contribution in [0.1, 0.15) is 58.3 Å². The molecule has 1 atom stereocenters. The van der Waals surface area contributed by atoms with E-state index in [2.05, 4.69) is 20.0 Å². The molecule has 0 saturated carbocycles. The molecule has 1 nitrogen and oxygen atoms in total. The van der Waals surface area contributed by atoms with Crippen LogP contribution in [0.25, 0.3) is 0 Å². The molecule has 0 aliphatic carbocycles. The van der Waals surface area contributed by atoms with Gasteiger partial charge in [0.15, 0.2) is 0 Å². The van der Waals surface area contributed by atoms with Crippen molar-refractivity contribution in [2.45, 2.75) is 77.1 Å². The summed E-state index contributed by atoms with van der Waals surface area (Å²) in [5, 5.41) is 0. The maximum atomic E-state index is 5.52. The van der Waals surface area contributed by atoms with Crippen LogP contribution in [-0.2, 0) is 4.74 Å². The topological polar surface area (TPSA) is 9.23 Å². The fourth-order valence-corrected chi connectivity index (χ4v) is 3.47. The van der Waals surface area contributed by atoms with Crippen LogP contribution in [-0.4, -0.2) is 21.6 Å². The van der Waals surface area contributed by atoms with Gasteiger partial charge >= 0.3 is 0 Å². The van der Waals surface area contributed by atoms with Gasteiger partial charge < -0.3 is 4.74 Å². The van der Waals surface area contributed by atoms with Gasteiger partial charge in [-0.2, -0.15) is 0 Å². The standard InChI is InChI=1S/C13H30OSi/c1-5-6-7-8-9-10-11-12-13(14-2)15(3)4/h13,15H,5-12H2,1-4H3. The second-order valence-corrected chi connectivity index (χ2v) is 8.16. The molecule has 0 aliphatic heterocycles. The molecule has 0 aromatic rings. The molecule has 0 rings (SSSR count). The monoisotopic (exact) mass is 230 g/mol. The summed E-state index contributed by atoms with van der Waals surface area (Å²) in [7, 11) is 1.30. The van der Waals surface area contributed by atoms with E-state index in [4.69, 9.17) is 4.74 Å². The maximum absolute atomic E-state index is 5.52. The zero-order valence-corrected chi connectivity index (χ0v) is 12.4. The van der Waals surface area contributed by atoms with Gasteiger partial charge in [-0.05, 0) is 6.42 Å². The minimum atomic E-state index is -0.578. The lowest BCUT2D eigenvalue weighted by Crippen LogP contribution is -2.26. The summed E-state index contributed by atoms with van der Waals surface area (Å²) >= 11 is 0. The molecule has 2 heteroatoms. The normalized spacial score (nSPS) is 13.4. The van der Waals surface area contributed by atoms with E-state index in [1.165, 1.54) is 51.4 Å². The summed E-state index contributed by atoms with van der Waals surface area (Å²) in [4.78, 5) is 0. The van der Waals surface area contributed by atoms with Crippen LogP contribution in [0.15, 0.2) is 0 Å². The number of hydrogen-bond acceptors (Lipinski definition) is 1. The van der Waals surface area contributed by atoms with E-state index in [0.29, 0.717) is 5.73 Å². The Morgan fingerprint density at radius 3 is 1.93 bits per heavy atom. The van der Waals surface area contributed by atoms with Crippen LogP contribution in [0.4, 0.5) is 0 Å². The fourth-order valence-electron chi connectivity index (χ4n) is 2.03. The van der Waals surface area contributed by atoms with E-state index >= 15 is 0 Å². The third kappa shape index (κ3) is 9.13. The van der Waals surface area contributed by atoms with E-state index in [-0.39, 0.29) is 0 Å². The molecule has 0 amide bonds. The molecular weight excluding hydrogens is 200 g/mol. The van der Waals surface area contributed by atoms with E-state index in [1.54, 1.807) is 0 Å². The van der Waals surface area contributed by atoms with Crippen molar-refractivity contribution in [3.8, 4) is 0 Å². The molecule has 0 aromatic heterocycles. The largest absolute Gasteiger partial charge is 0.385 e. The van der Waals surface area contributed by atoms with Gasteiger partial charge in [0.1, 0.15) is 0 Å². The molecule has 0 aliphatic rings. The van der Waals surface area contributed by atoms with E-state index < -0.39 is 8.80 Å². The van der Waals surface area contributed by atoms with Crippen molar-refractivity contribution in [1.82, 2.24) is 0 Å². The molecule has 92 valence electrons. The van der Waals surface area contributed by atoms with Crippen molar-refractivity contribution in [3.05, 3.63) is 0 Å². The average molecular weight is 230 g/mol. The second-order valence-electron chi connectivity index (χ2n) is 4.93. The first-order valence-electron chi connectivity index (χ1n) is 6.75. The predicted molar refractivity (Wildman–Crippen MR) is 72.3 cm³/mol. The Morgan fingerprint density at radius 2 is 1.47 bits per heavy atom. The Kier molecular flexibility index (Phi) is 10.8. The predicted octanol–water partition coefficient (Wildman–Crippen LogP) is 4.17. The molecular formula is C13H30OSi. The zero-order valence-electron chi connectivity index (χ0n) is 11.2. The Morgan fingerprint density at radius 1 is 0.933 bits per heavy atom. The second kappa shape index (κ2) is 10.7. The summed E-state index contributed by atoms with van der Waals surface area (Å²) in [6.07, 6.45) is 11.1. The molecule has 1 unspecified atom stereocenters. The van der Waals surface area contributed by atoms with Crippen molar-refractivity contribution in [2.24, 2.45) is 0 Å². The van der Waals surface area contributed by atoms with Crippen molar-refractivity contribution >= 4 is 8.80 Å². The van der Waals surface area contributed by atoms with Crippen molar-refractivity contribution in [2.75, 3.05) is 7.11 Å². The van der Waals surface area contributed by atoms with E-state index in [9.17, 15) is 0 Å². The van der Waals surface area contributed by atoms with Crippen molar-refractivity contribution in [3.63, 3.8) is 0 Å². The zero-order chi connectivity index (χ0) is 11.5. The minimum Gasteiger partial charge on any atom is -0.385 e. The highest BCUT2D eigenvalue weighted by atomic mass is 28.3. The SMILES string of the molecule is CCCCCCCCCC(OC)[SiH](C)C. The van der Waals surface area contributed by atoms with Gasteiger partial charge in [0.05, 0.1) is 8.80 Å². The highest BCUT2D eigenvalue weighted by Gasteiger charge is 2.12. The summed E-state index contributed by atoms with van der Waals surface area (Å²) in [6, 6.07) is 0. The Labute approximate surface area is 98.2 Å². The number of hydrogen-bond donors (Lipinski definition) is 0. The molecule has 0 radical (unpaired) electrons. The van der Waals surface area contributed by atoms with Gasteiger partial charge in [0, 0.05) is 12.8 Å². The lowest BCUT2D eigenvalue weighted by molar-refractivity contribution is 0.151. The number of ether oxygens (including phenoxy) is 1. The van der Waals surface area contributed by atoms with Gasteiger partial charge in [0.25, 0.3) is 0 Å². The number of methoxy groups -OCH3 is 1. The first-order valence-corrected chi connectivity index (χ1v) is 9.72. The van der Waals surface area contributed by atoms with Crippen LogP contribution in [0, 0.1) is 0 Å². The number of unbranched alkanes of at least 4 members (excludes halogenated alkanes) is 6. The maximum Gasteiger partial charge on any atom is 0.0655 e. The third-order valence-corrected chi connectivity index (χ3v) is 5.23. The van der Waals surface area contributed by atoms with Gasteiger partial charge in [-0.25, -0.2) is 0 Å². The lowest BCUT2D eigenvalue weighted by atomic mass is 10.1. The Bertz CT molecular complexity index is 126. The van der Waals surface area contributed by atoms with Gasteiger partial charge in [0.2, 0.25) is 0 Å². The molecule has 0 spiro atoms.